The van der Waals surface area contributed by atoms with Gasteiger partial charge in [0, 0.05) is 6.04 Å². The van der Waals surface area contributed by atoms with Gasteiger partial charge in [0.1, 0.15) is 0 Å². The highest BCUT2D eigenvalue weighted by Crippen LogP contribution is 2.32. The van der Waals surface area contributed by atoms with E-state index in [9.17, 15) is 0 Å². The first-order valence-corrected chi connectivity index (χ1v) is 5.83. The zero-order valence-electron chi connectivity index (χ0n) is 9.77. The average Bonchev–Trinajstić information content (AvgIpc) is 2.51. The Morgan fingerprint density at radius 1 is 1.31 bits per heavy atom. The zero-order valence-corrected chi connectivity index (χ0v) is 9.77. The first-order valence-electron chi connectivity index (χ1n) is 5.83. The molecule has 0 amide bonds. The smallest absolute Gasteiger partial charge is 0.0101 e. The van der Waals surface area contributed by atoms with Crippen molar-refractivity contribution in [1.29, 1.82) is 0 Å². The van der Waals surface area contributed by atoms with Gasteiger partial charge >= 0.3 is 0 Å². The molecule has 1 aliphatic rings. The summed E-state index contributed by atoms with van der Waals surface area (Å²) in [5.74, 6) is 0. The number of hydrogen-bond donors (Lipinski definition) is 0. The van der Waals surface area contributed by atoms with Crippen molar-refractivity contribution < 1.29 is 0 Å². The van der Waals surface area contributed by atoms with Crippen molar-refractivity contribution in [2.75, 3.05) is 13.1 Å². The van der Waals surface area contributed by atoms with Crippen molar-refractivity contribution in [1.82, 2.24) is 4.90 Å². The van der Waals surface area contributed by atoms with E-state index < -0.39 is 0 Å². The minimum Gasteiger partial charge on any atom is -0.301 e. The lowest BCUT2D eigenvalue weighted by Crippen LogP contribution is -2.33. The summed E-state index contributed by atoms with van der Waals surface area (Å²) in [4.78, 5) is 2.65. The van der Waals surface area contributed by atoms with Crippen LogP contribution in [0.5, 0.6) is 0 Å². The van der Waals surface area contributed by atoms with Gasteiger partial charge in [-0.1, -0.05) is 34.1 Å². The molecule has 1 heterocycles. The summed E-state index contributed by atoms with van der Waals surface area (Å²) in [6, 6.07) is 0.875. The van der Waals surface area contributed by atoms with E-state index in [1.165, 1.54) is 38.8 Å². The van der Waals surface area contributed by atoms with Gasteiger partial charge in [-0.3, -0.25) is 0 Å². The van der Waals surface area contributed by atoms with Gasteiger partial charge in [0.25, 0.3) is 0 Å². The predicted molar refractivity (Wildman–Crippen MR) is 59.0 cm³/mol. The second kappa shape index (κ2) is 4.45. The van der Waals surface area contributed by atoms with Crippen LogP contribution in [-0.4, -0.2) is 24.0 Å². The van der Waals surface area contributed by atoms with Crippen molar-refractivity contribution in [2.45, 2.75) is 59.4 Å². The predicted octanol–water partition coefficient (Wildman–Crippen LogP) is 3.30. The fraction of sp³-hybridized carbons (Fsp3) is 1.00. The molecule has 0 N–H and O–H groups in total. The van der Waals surface area contributed by atoms with E-state index in [0.29, 0.717) is 5.41 Å². The largest absolute Gasteiger partial charge is 0.301 e. The Labute approximate surface area is 83.5 Å². The third-order valence-corrected chi connectivity index (χ3v) is 3.65. The third-order valence-electron chi connectivity index (χ3n) is 3.65. The molecule has 1 heteroatoms. The van der Waals surface area contributed by atoms with Gasteiger partial charge in [0.05, 0.1) is 0 Å². The quantitative estimate of drug-likeness (QED) is 0.646. The topological polar surface area (TPSA) is 3.24 Å². The molecule has 0 aromatic heterocycles. The molecule has 1 saturated heterocycles. The van der Waals surface area contributed by atoms with E-state index in [0.717, 1.165) is 6.04 Å². The standard InChI is InChI=1S/C12H25N/c1-5-12(3,4)10-11-8-7-9-13(11)6-2/h11H,5-10H2,1-4H3/t11-/m0/s1. The molecule has 0 aliphatic carbocycles. The summed E-state index contributed by atoms with van der Waals surface area (Å²) >= 11 is 0. The highest BCUT2D eigenvalue weighted by Gasteiger charge is 2.28. The van der Waals surface area contributed by atoms with E-state index in [1.54, 1.807) is 0 Å². The number of hydrogen-bond acceptors (Lipinski definition) is 1. The fourth-order valence-corrected chi connectivity index (χ4v) is 2.32. The Bertz CT molecular complexity index is 151. The first kappa shape index (κ1) is 11.0. The van der Waals surface area contributed by atoms with Crippen LogP contribution in [0.4, 0.5) is 0 Å². The Hall–Kier alpha value is -0.0400. The van der Waals surface area contributed by atoms with Crippen molar-refractivity contribution in [3.05, 3.63) is 0 Å². The lowest BCUT2D eigenvalue weighted by molar-refractivity contribution is 0.184. The van der Waals surface area contributed by atoms with Crippen LogP contribution in [0.2, 0.25) is 0 Å². The molecule has 0 aromatic rings. The normalized spacial score (nSPS) is 25.4. The molecule has 0 bridgehead atoms. The number of likely N-dealkylation sites (tertiary alicyclic amines) is 1. The Balaban J connectivity index is 2.43. The molecule has 0 radical (unpaired) electrons. The summed E-state index contributed by atoms with van der Waals surface area (Å²) in [7, 11) is 0. The van der Waals surface area contributed by atoms with E-state index in [1.807, 2.05) is 0 Å². The SMILES string of the molecule is CCN1CCC[C@H]1CC(C)(C)CC. The molecule has 0 aromatic carbocycles. The van der Waals surface area contributed by atoms with E-state index in [4.69, 9.17) is 0 Å². The molecular formula is C12H25N. The maximum Gasteiger partial charge on any atom is 0.0101 e. The van der Waals surface area contributed by atoms with E-state index >= 15 is 0 Å². The van der Waals surface area contributed by atoms with E-state index in [2.05, 4.69) is 32.6 Å². The minimum atomic E-state index is 0.544. The van der Waals surface area contributed by atoms with Crippen LogP contribution < -0.4 is 0 Å². The van der Waals surface area contributed by atoms with Crippen molar-refractivity contribution in [2.24, 2.45) is 5.41 Å². The maximum absolute atomic E-state index is 2.65. The van der Waals surface area contributed by atoms with Crippen molar-refractivity contribution in [3.8, 4) is 0 Å². The van der Waals surface area contributed by atoms with Gasteiger partial charge in [0.2, 0.25) is 0 Å². The lowest BCUT2D eigenvalue weighted by Gasteiger charge is -2.31. The van der Waals surface area contributed by atoms with E-state index in [-0.39, 0.29) is 0 Å². The monoisotopic (exact) mass is 183 g/mol. The van der Waals surface area contributed by atoms with Crippen LogP contribution in [-0.2, 0) is 0 Å². The molecule has 1 aliphatic heterocycles. The van der Waals surface area contributed by atoms with Gasteiger partial charge in [-0.15, -0.1) is 0 Å². The molecule has 1 nitrogen and oxygen atoms in total. The molecule has 0 spiro atoms. The molecule has 13 heavy (non-hydrogen) atoms. The minimum absolute atomic E-state index is 0.544. The molecule has 1 atom stereocenters. The molecule has 1 fully saturated rings. The summed E-state index contributed by atoms with van der Waals surface area (Å²) < 4.78 is 0. The Morgan fingerprint density at radius 3 is 2.54 bits per heavy atom. The van der Waals surface area contributed by atoms with Crippen LogP contribution in [0.1, 0.15) is 53.4 Å². The van der Waals surface area contributed by atoms with Crippen LogP contribution in [0.25, 0.3) is 0 Å². The summed E-state index contributed by atoms with van der Waals surface area (Å²) in [6.45, 7) is 12.0. The van der Waals surface area contributed by atoms with Crippen LogP contribution >= 0.6 is 0 Å². The Morgan fingerprint density at radius 2 is 2.00 bits per heavy atom. The zero-order chi connectivity index (χ0) is 9.90. The maximum atomic E-state index is 2.65. The molecule has 78 valence electrons. The number of rotatable bonds is 4. The summed E-state index contributed by atoms with van der Waals surface area (Å²) in [5, 5.41) is 0. The van der Waals surface area contributed by atoms with Gasteiger partial charge in [-0.25, -0.2) is 0 Å². The third kappa shape index (κ3) is 2.98. The average molecular weight is 183 g/mol. The summed E-state index contributed by atoms with van der Waals surface area (Å²) in [6.07, 6.45) is 5.54. The van der Waals surface area contributed by atoms with Crippen LogP contribution in [0.3, 0.4) is 0 Å². The molecule has 0 unspecified atom stereocenters. The number of nitrogens with zero attached hydrogens (tertiary/aromatic N) is 1. The first-order chi connectivity index (χ1) is 6.09. The van der Waals surface area contributed by atoms with Gasteiger partial charge < -0.3 is 4.90 Å². The van der Waals surface area contributed by atoms with Crippen molar-refractivity contribution in [3.63, 3.8) is 0 Å². The van der Waals surface area contributed by atoms with Gasteiger partial charge in [0.15, 0.2) is 0 Å². The lowest BCUT2D eigenvalue weighted by atomic mass is 9.82. The van der Waals surface area contributed by atoms with Crippen LogP contribution in [0, 0.1) is 5.41 Å². The van der Waals surface area contributed by atoms with Crippen molar-refractivity contribution >= 4 is 0 Å². The molecule has 1 rings (SSSR count). The van der Waals surface area contributed by atoms with Crippen LogP contribution in [0.15, 0.2) is 0 Å². The fourth-order valence-electron chi connectivity index (χ4n) is 2.32. The highest BCUT2D eigenvalue weighted by atomic mass is 15.2. The highest BCUT2D eigenvalue weighted by molar-refractivity contribution is 4.83. The van der Waals surface area contributed by atoms with Gasteiger partial charge in [-0.2, -0.15) is 0 Å². The second-order valence-electron chi connectivity index (χ2n) is 5.15. The molecular weight excluding hydrogens is 158 g/mol. The Kier molecular flexibility index (Phi) is 3.78. The summed E-state index contributed by atoms with van der Waals surface area (Å²) in [5.41, 5.74) is 0.544. The van der Waals surface area contributed by atoms with Gasteiger partial charge in [-0.05, 0) is 37.8 Å². The molecule has 0 saturated carbocycles. The second-order valence-corrected chi connectivity index (χ2v) is 5.15.